The van der Waals surface area contributed by atoms with Crippen molar-refractivity contribution in [1.82, 2.24) is 5.32 Å². The Morgan fingerprint density at radius 3 is 2.22 bits per heavy atom. The first-order valence-corrected chi connectivity index (χ1v) is 6.39. The topological polar surface area (TPSA) is 81.4 Å². The molecule has 106 valence electrons. The third-order valence-electron chi connectivity index (χ3n) is 2.17. The fourth-order valence-electron chi connectivity index (χ4n) is 1.55. The summed E-state index contributed by atoms with van der Waals surface area (Å²) >= 11 is 0. The largest absolute Gasteiger partial charge is 0.460 e. The van der Waals surface area contributed by atoms with E-state index in [1.165, 1.54) is 0 Å². The third-order valence-corrected chi connectivity index (χ3v) is 2.17. The highest BCUT2D eigenvalue weighted by atomic mass is 16.6. The fraction of sp³-hybridized carbons (Fsp3) is 0.846. The number of rotatable bonds is 7. The molecule has 0 aliphatic carbocycles. The van der Waals surface area contributed by atoms with Gasteiger partial charge in [-0.3, -0.25) is 9.59 Å². The van der Waals surface area contributed by atoms with Gasteiger partial charge in [-0.2, -0.15) is 0 Å². The van der Waals surface area contributed by atoms with Gasteiger partial charge < -0.3 is 15.8 Å². The van der Waals surface area contributed by atoms with Crippen LogP contribution in [-0.4, -0.2) is 29.6 Å². The minimum atomic E-state index is -0.462. The maximum Gasteiger partial charge on any atom is 0.306 e. The van der Waals surface area contributed by atoms with Crippen molar-refractivity contribution < 1.29 is 14.3 Å². The molecular weight excluding hydrogens is 232 g/mol. The number of hydrogen-bond acceptors (Lipinski definition) is 4. The number of carbonyl (C=O) groups excluding carboxylic acids is 2. The first kappa shape index (κ1) is 16.9. The minimum absolute atomic E-state index is 0.184. The summed E-state index contributed by atoms with van der Waals surface area (Å²) in [4.78, 5) is 22.7. The van der Waals surface area contributed by atoms with Gasteiger partial charge in [-0.15, -0.1) is 0 Å². The molecule has 0 aliphatic rings. The molecule has 0 aromatic rings. The van der Waals surface area contributed by atoms with Crippen LogP contribution < -0.4 is 11.1 Å². The number of ether oxygens (including phenoxy) is 1. The Hall–Kier alpha value is -1.10. The summed E-state index contributed by atoms with van der Waals surface area (Å²) in [7, 11) is 0. The maximum atomic E-state index is 11.5. The van der Waals surface area contributed by atoms with E-state index in [9.17, 15) is 9.59 Å². The molecule has 0 radical (unpaired) electrons. The van der Waals surface area contributed by atoms with E-state index in [0.29, 0.717) is 19.3 Å². The van der Waals surface area contributed by atoms with Gasteiger partial charge in [0, 0.05) is 12.5 Å². The van der Waals surface area contributed by atoms with Crippen LogP contribution in [-0.2, 0) is 14.3 Å². The molecule has 18 heavy (non-hydrogen) atoms. The van der Waals surface area contributed by atoms with E-state index >= 15 is 0 Å². The van der Waals surface area contributed by atoms with E-state index in [4.69, 9.17) is 10.5 Å². The second kappa shape index (κ2) is 7.36. The van der Waals surface area contributed by atoms with Crippen LogP contribution in [0.1, 0.15) is 53.9 Å². The average Bonchev–Trinajstić information content (AvgIpc) is 2.12. The summed E-state index contributed by atoms with van der Waals surface area (Å²) in [6, 6.07) is -0.198. The smallest absolute Gasteiger partial charge is 0.306 e. The normalized spacial score (nSPS) is 13.4. The number of esters is 1. The maximum absolute atomic E-state index is 11.5. The summed E-state index contributed by atoms with van der Waals surface area (Å²) < 4.78 is 5.19. The van der Waals surface area contributed by atoms with Gasteiger partial charge in [0.15, 0.2) is 0 Å². The van der Waals surface area contributed by atoms with Gasteiger partial charge in [0.05, 0.1) is 6.04 Å². The molecule has 5 heteroatoms. The zero-order valence-corrected chi connectivity index (χ0v) is 12.1. The van der Waals surface area contributed by atoms with Crippen LogP contribution in [0.3, 0.4) is 0 Å². The van der Waals surface area contributed by atoms with E-state index in [-0.39, 0.29) is 24.0 Å². The number of nitrogens with one attached hydrogen (secondary N) is 1. The summed E-state index contributed by atoms with van der Waals surface area (Å²) in [6.07, 6.45) is 1.44. The molecule has 0 aromatic carbocycles. The van der Waals surface area contributed by atoms with Crippen LogP contribution in [0.15, 0.2) is 0 Å². The van der Waals surface area contributed by atoms with Gasteiger partial charge in [0.1, 0.15) is 5.60 Å². The molecule has 0 fully saturated rings. The molecule has 3 N–H and O–H groups in total. The predicted molar refractivity (Wildman–Crippen MR) is 71.0 cm³/mol. The lowest BCUT2D eigenvalue weighted by Gasteiger charge is -2.20. The Labute approximate surface area is 109 Å². The lowest BCUT2D eigenvalue weighted by molar-refractivity contribution is -0.155. The molecule has 0 saturated carbocycles. The highest BCUT2D eigenvalue weighted by molar-refractivity contribution is 5.80. The van der Waals surface area contributed by atoms with E-state index in [1.54, 1.807) is 0 Å². The Bertz CT molecular complexity index is 282. The minimum Gasteiger partial charge on any atom is -0.460 e. The van der Waals surface area contributed by atoms with Gasteiger partial charge in [-0.25, -0.2) is 0 Å². The first-order chi connectivity index (χ1) is 8.11. The van der Waals surface area contributed by atoms with Gasteiger partial charge in [-0.05, 0) is 33.6 Å². The van der Waals surface area contributed by atoms with Gasteiger partial charge in [0.2, 0.25) is 5.91 Å². The number of amides is 1. The standard InChI is InChI=1S/C13H26N2O3/c1-9(2)15-10(12(14)17)7-6-8-11(16)18-13(3,4)5/h9-10,15H,6-8H2,1-5H3,(H2,14,17)/t10-/m0/s1. The van der Waals surface area contributed by atoms with Crippen molar-refractivity contribution in [3.8, 4) is 0 Å². The van der Waals surface area contributed by atoms with Crippen molar-refractivity contribution in [1.29, 1.82) is 0 Å². The average molecular weight is 258 g/mol. The molecule has 1 atom stereocenters. The predicted octanol–water partition coefficient (Wildman–Crippen LogP) is 1.35. The molecule has 0 heterocycles. The van der Waals surface area contributed by atoms with Crippen molar-refractivity contribution in [3.63, 3.8) is 0 Å². The molecule has 0 bridgehead atoms. The highest BCUT2D eigenvalue weighted by Gasteiger charge is 2.19. The summed E-state index contributed by atoms with van der Waals surface area (Å²) in [6.45, 7) is 9.39. The second-order valence-electron chi connectivity index (χ2n) is 5.75. The monoisotopic (exact) mass is 258 g/mol. The zero-order valence-electron chi connectivity index (χ0n) is 12.1. The van der Waals surface area contributed by atoms with Crippen molar-refractivity contribution in [2.75, 3.05) is 0 Å². The Kier molecular flexibility index (Phi) is 6.91. The Morgan fingerprint density at radius 1 is 1.28 bits per heavy atom. The lowest BCUT2D eigenvalue weighted by atomic mass is 10.1. The van der Waals surface area contributed by atoms with Crippen LogP contribution in [0.5, 0.6) is 0 Å². The van der Waals surface area contributed by atoms with Gasteiger partial charge >= 0.3 is 5.97 Å². The van der Waals surface area contributed by atoms with Crippen molar-refractivity contribution >= 4 is 11.9 Å². The molecule has 0 saturated heterocycles. The van der Waals surface area contributed by atoms with Gasteiger partial charge in [-0.1, -0.05) is 13.8 Å². The van der Waals surface area contributed by atoms with Crippen molar-refractivity contribution in [2.24, 2.45) is 5.73 Å². The Balaban J connectivity index is 4.00. The molecule has 0 aliphatic heterocycles. The van der Waals surface area contributed by atoms with Crippen LogP contribution in [0, 0.1) is 0 Å². The molecule has 5 nitrogen and oxygen atoms in total. The summed E-state index contributed by atoms with van der Waals surface area (Å²) in [5, 5.41) is 3.07. The highest BCUT2D eigenvalue weighted by Crippen LogP contribution is 2.10. The number of primary amides is 1. The lowest BCUT2D eigenvalue weighted by Crippen LogP contribution is -2.44. The van der Waals surface area contributed by atoms with E-state index in [2.05, 4.69) is 5.32 Å². The molecule has 0 aromatic heterocycles. The molecular formula is C13H26N2O3. The summed E-state index contributed by atoms with van der Waals surface area (Å²) in [5.74, 6) is -0.622. The number of hydrogen-bond donors (Lipinski definition) is 2. The van der Waals surface area contributed by atoms with Crippen molar-refractivity contribution in [2.45, 2.75) is 71.6 Å². The van der Waals surface area contributed by atoms with E-state index in [0.717, 1.165) is 0 Å². The number of nitrogens with two attached hydrogens (primary N) is 1. The second-order valence-corrected chi connectivity index (χ2v) is 5.75. The molecule has 0 spiro atoms. The SMILES string of the molecule is CC(C)N[C@@H](CCCC(=O)OC(C)(C)C)C(N)=O. The molecule has 1 amide bonds. The van der Waals surface area contributed by atoms with E-state index in [1.807, 2.05) is 34.6 Å². The third kappa shape index (κ3) is 8.98. The molecule has 0 unspecified atom stereocenters. The van der Waals surface area contributed by atoms with Gasteiger partial charge in [0.25, 0.3) is 0 Å². The molecule has 0 rings (SSSR count). The van der Waals surface area contributed by atoms with Crippen molar-refractivity contribution in [3.05, 3.63) is 0 Å². The Morgan fingerprint density at radius 2 is 1.83 bits per heavy atom. The van der Waals surface area contributed by atoms with Crippen LogP contribution >= 0.6 is 0 Å². The first-order valence-electron chi connectivity index (χ1n) is 6.39. The quantitative estimate of drug-likeness (QED) is 0.675. The summed E-state index contributed by atoms with van der Waals surface area (Å²) in [5.41, 5.74) is 4.82. The zero-order chi connectivity index (χ0) is 14.3. The van der Waals surface area contributed by atoms with Crippen LogP contribution in [0.25, 0.3) is 0 Å². The fourth-order valence-corrected chi connectivity index (χ4v) is 1.55. The van der Waals surface area contributed by atoms with Crippen LogP contribution in [0.4, 0.5) is 0 Å². The number of carbonyl (C=O) groups is 2. The van der Waals surface area contributed by atoms with Crippen LogP contribution in [0.2, 0.25) is 0 Å². The van der Waals surface area contributed by atoms with E-state index < -0.39 is 5.60 Å².